The number of hydrogen-bond acceptors (Lipinski definition) is 8. The van der Waals surface area contributed by atoms with Crippen molar-refractivity contribution < 1.29 is 34.3 Å². The first-order valence-corrected chi connectivity index (χ1v) is 4.43. The molecular weight excluding hydrogens is 229 g/mol. The Morgan fingerprint density at radius 1 is 1.44 bits per heavy atom. The van der Waals surface area contributed by atoms with Gasteiger partial charge in [0.15, 0.2) is 12.3 Å². The summed E-state index contributed by atoms with van der Waals surface area (Å²) >= 11 is 0. The molecule has 1 aliphatic heterocycles. The third-order valence-electron chi connectivity index (χ3n) is 2.22. The van der Waals surface area contributed by atoms with Crippen molar-refractivity contribution in [3.05, 3.63) is 4.91 Å². The van der Waals surface area contributed by atoms with Gasteiger partial charge in [-0.3, -0.25) is 4.74 Å². The van der Waals surface area contributed by atoms with Gasteiger partial charge >= 0.3 is 6.54 Å². The normalized spacial score (nSPS) is 41.7. The Morgan fingerprint density at radius 3 is 2.50 bits per heavy atom. The number of nitrogens with zero attached hydrogens (tertiary/aromatic N) is 1. The van der Waals surface area contributed by atoms with Crippen LogP contribution >= 0.6 is 0 Å². The fraction of sp³-hybridized carbons (Fsp3) is 1.00. The van der Waals surface area contributed by atoms with Crippen molar-refractivity contribution in [1.82, 2.24) is 0 Å². The van der Waals surface area contributed by atoms with Gasteiger partial charge in [-0.05, 0) is 0 Å². The Morgan fingerprint density at radius 2 is 2.06 bits per heavy atom. The van der Waals surface area contributed by atoms with E-state index in [0.29, 0.717) is 0 Å². The van der Waals surface area contributed by atoms with Gasteiger partial charge in [0.1, 0.15) is 18.3 Å². The van der Waals surface area contributed by atoms with Gasteiger partial charge in [-0.15, -0.1) is 0 Å². The molecule has 1 heterocycles. The van der Waals surface area contributed by atoms with Crippen molar-refractivity contribution in [1.29, 1.82) is 0 Å². The molecule has 1 fully saturated rings. The lowest BCUT2D eigenvalue weighted by atomic mass is 9.97. The first-order chi connectivity index (χ1) is 7.51. The van der Waals surface area contributed by atoms with Crippen molar-refractivity contribution in [3.8, 4) is 0 Å². The van der Waals surface area contributed by atoms with Gasteiger partial charge in [0, 0.05) is 0 Å². The zero-order valence-corrected chi connectivity index (χ0v) is 8.01. The molecule has 0 aromatic rings. The zero-order chi connectivity index (χ0) is 12.3. The zero-order valence-electron chi connectivity index (χ0n) is 8.01. The average Bonchev–Trinajstić information content (AvgIpc) is 2.22. The van der Waals surface area contributed by atoms with Crippen LogP contribution in [-0.4, -0.2) is 64.2 Å². The standard InChI is InChI=1S/C7H12FNO7/c8-7(13)16-6-5(12)3(9-14)4(11)2(1-10)15-6/h2-7,10-13H,1H2. The summed E-state index contributed by atoms with van der Waals surface area (Å²) in [7, 11) is 0. The summed E-state index contributed by atoms with van der Waals surface area (Å²) < 4.78 is 21.0. The molecule has 0 aromatic heterocycles. The Labute approximate surface area is 89.2 Å². The maximum Gasteiger partial charge on any atom is 0.309 e. The number of halogens is 1. The molecule has 6 atom stereocenters. The van der Waals surface area contributed by atoms with Crippen molar-refractivity contribution in [2.45, 2.75) is 37.2 Å². The monoisotopic (exact) mass is 241 g/mol. The van der Waals surface area contributed by atoms with E-state index in [4.69, 9.17) is 14.9 Å². The third-order valence-corrected chi connectivity index (χ3v) is 2.22. The van der Waals surface area contributed by atoms with Gasteiger partial charge < -0.3 is 25.2 Å². The second-order valence-corrected chi connectivity index (χ2v) is 3.23. The van der Waals surface area contributed by atoms with Crippen LogP contribution in [0.5, 0.6) is 0 Å². The number of hydrogen-bond donors (Lipinski definition) is 4. The SMILES string of the molecule is O=NC1C(O)C(CO)OC(OC(O)F)C1O. The number of alkyl halides is 1. The van der Waals surface area contributed by atoms with Crippen LogP contribution in [0.25, 0.3) is 0 Å². The topological polar surface area (TPSA) is 129 Å². The molecule has 16 heavy (non-hydrogen) atoms. The number of ether oxygens (including phenoxy) is 2. The molecule has 0 bridgehead atoms. The Kier molecular flexibility index (Phi) is 4.65. The predicted octanol–water partition coefficient (Wildman–Crippen LogP) is -2.18. The number of rotatable bonds is 4. The quantitative estimate of drug-likeness (QED) is 0.325. The molecule has 0 amide bonds. The largest absolute Gasteiger partial charge is 0.394 e. The molecule has 0 spiro atoms. The summed E-state index contributed by atoms with van der Waals surface area (Å²) in [5.41, 5.74) is 0. The summed E-state index contributed by atoms with van der Waals surface area (Å²) in [6.07, 6.45) is -6.21. The molecule has 4 N–H and O–H groups in total. The molecule has 6 unspecified atom stereocenters. The Hall–Kier alpha value is -0.710. The van der Waals surface area contributed by atoms with E-state index in [1.807, 2.05) is 0 Å². The van der Waals surface area contributed by atoms with Crippen LogP contribution in [0, 0.1) is 4.91 Å². The highest BCUT2D eigenvalue weighted by molar-refractivity contribution is 4.93. The highest BCUT2D eigenvalue weighted by Crippen LogP contribution is 2.24. The minimum Gasteiger partial charge on any atom is -0.394 e. The third kappa shape index (κ3) is 2.70. The van der Waals surface area contributed by atoms with Gasteiger partial charge in [-0.1, -0.05) is 5.18 Å². The van der Waals surface area contributed by atoms with E-state index >= 15 is 0 Å². The van der Waals surface area contributed by atoms with Crippen molar-refractivity contribution in [2.24, 2.45) is 5.18 Å². The van der Waals surface area contributed by atoms with Crippen molar-refractivity contribution in [3.63, 3.8) is 0 Å². The van der Waals surface area contributed by atoms with Crippen LogP contribution in [0.4, 0.5) is 4.39 Å². The van der Waals surface area contributed by atoms with Crippen LogP contribution in [0.1, 0.15) is 0 Å². The highest BCUT2D eigenvalue weighted by atomic mass is 19.2. The van der Waals surface area contributed by atoms with Crippen molar-refractivity contribution >= 4 is 0 Å². The Balaban J connectivity index is 2.76. The van der Waals surface area contributed by atoms with E-state index in [1.54, 1.807) is 0 Å². The van der Waals surface area contributed by atoms with Crippen molar-refractivity contribution in [2.75, 3.05) is 6.61 Å². The summed E-state index contributed by atoms with van der Waals surface area (Å²) in [6.45, 7) is -3.40. The fourth-order valence-corrected chi connectivity index (χ4v) is 1.42. The molecule has 0 aromatic carbocycles. The minimum atomic E-state index is -2.72. The van der Waals surface area contributed by atoms with E-state index < -0.39 is 43.8 Å². The Bertz CT molecular complexity index is 241. The van der Waals surface area contributed by atoms with E-state index in [0.717, 1.165) is 0 Å². The second kappa shape index (κ2) is 5.57. The molecule has 94 valence electrons. The van der Waals surface area contributed by atoms with E-state index in [1.165, 1.54) is 0 Å². The molecule has 1 saturated heterocycles. The van der Waals surface area contributed by atoms with E-state index in [2.05, 4.69) is 9.91 Å². The second-order valence-electron chi connectivity index (χ2n) is 3.23. The van der Waals surface area contributed by atoms with Crippen LogP contribution in [0.3, 0.4) is 0 Å². The molecule has 1 rings (SSSR count). The smallest absolute Gasteiger partial charge is 0.309 e. The maximum atomic E-state index is 12.1. The lowest BCUT2D eigenvalue weighted by Crippen LogP contribution is -2.58. The predicted molar refractivity (Wildman–Crippen MR) is 45.5 cm³/mol. The van der Waals surface area contributed by atoms with Crippen LogP contribution in [-0.2, 0) is 9.47 Å². The molecule has 0 saturated carbocycles. The van der Waals surface area contributed by atoms with Gasteiger partial charge in [0.05, 0.1) is 6.61 Å². The van der Waals surface area contributed by atoms with Gasteiger partial charge in [-0.2, -0.15) is 9.30 Å². The molecule has 0 aliphatic carbocycles. The van der Waals surface area contributed by atoms with Crippen LogP contribution in [0.15, 0.2) is 5.18 Å². The van der Waals surface area contributed by atoms with E-state index in [9.17, 15) is 19.5 Å². The summed E-state index contributed by atoms with van der Waals surface area (Å²) in [4.78, 5) is 10.4. The molecular formula is C7H12FNO7. The summed E-state index contributed by atoms with van der Waals surface area (Å²) in [6, 6.07) is -1.53. The molecule has 1 aliphatic rings. The summed E-state index contributed by atoms with van der Waals surface area (Å²) in [5.74, 6) is 0. The summed E-state index contributed by atoms with van der Waals surface area (Å²) in [5, 5.41) is 38.3. The average molecular weight is 241 g/mol. The fourth-order valence-electron chi connectivity index (χ4n) is 1.42. The first-order valence-electron chi connectivity index (χ1n) is 4.43. The van der Waals surface area contributed by atoms with Gasteiger partial charge in [0.2, 0.25) is 0 Å². The number of aliphatic hydroxyl groups excluding tert-OH is 4. The molecule has 8 nitrogen and oxygen atoms in total. The lowest BCUT2D eigenvalue weighted by Gasteiger charge is -2.38. The highest BCUT2D eigenvalue weighted by Gasteiger charge is 2.46. The lowest BCUT2D eigenvalue weighted by molar-refractivity contribution is -0.338. The minimum absolute atomic E-state index is 0.678. The van der Waals surface area contributed by atoms with Crippen LogP contribution < -0.4 is 0 Å². The van der Waals surface area contributed by atoms with E-state index in [-0.39, 0.29) is 0 Å². The van der Waals surface area contributed by atoms with Gasteiger partial charge in [0.25, 0.3) is 0 Å². The maximum absolute atomic E-state index is 12.1. The number of aliphatic hydroxyl groups is 4. The van der Waals surface area contributed by atoms with Crippen LogP contribution in [0.2, 0.25) is 0 Å². The first kappa shape index (κ1) is 13.4. The molecule has 9 heteroatoms. The van der Waals surface area contributed by atoms with Gasteiger partial charge in [-0.25, -0.2) is 0 Å². The number of nitroso groups, excluding NO2 is 1. The molecule has 0 radical (unpaired) electrons.